The fraction of sp³-hybridized carbons (Fsp3) is 0.286. The Bertz CT molecular complexity index is 1290. The van der Waals surface area contributed by atoms with Gasteiger partial charge in [0.1, 0.15) is 5.75 Å². The molecule has 174 valence electrons. The molecule has 2 amide bonds. The molecule has 0 radical (unpaired) electrons. The van der Waals surface area contributed by atoms with Gasteiger partial charge in [-0.3, -0.25) is 9.59 Å². The molecule has 1 atom stereocenters. The molecule has 6 heteroatoms. The highest BCUT2D eigenvalue weighted by Crippen LogP contribution is 2.60. The van der Waals surface area contributed by atoms with Crippen LogP contribution < -0.4 is 9.64 Å². The minimum atomic E-state index is -1.11. The third-order valence-electron chi connectivity index (χ3n) is 6.59. The first-order valence-corrected chi connectivity index (χ1v) is 12.2. The monoisotopic (exact) mass is 472 g/mol. The Balaban J connectivity index is 1.63. The summed E-state index contributed by atoms with van der Waals surface area (Å²) in [5, 5.41) is 0. The van der Waals surface area contributed by atoms with E-state index in [0.29, 0.717) is 24.4 Å². The molecule has 1 saturated heterocycles. The van der Waals surface area contributed by atoms with Gasteiger partial charge in [-0.05, 0) is 56.2 Å². The minimum Gasteiger partial charge on any atom is -0.497 e. The second-order valence-electron chi connectivity index (χ2n) is 9.46. The Labute approximate surface area is 204 Å². The van der Waals surface area contributed by atoms with Crippen molar-refractivity contribution in [2.45, 2.75) is 36.9 Å². The first-order chi connectivity index (χ1) is 16.3. The third-order valence-corrected chi connectivity index (χ3v) is 8.18. The molecule has 3 aromatic rings. The maximum atomic E-state index is 14.3. The smallest absolute Gasteiger partial charge is 0.268 e. The number of carbonyl (C=O) groups is 2. The van der Waals surface area contributed by atoms with Crippen molar-refractivity contribution in [3.05, 3.63) is 95.1 Å². The normalized spacial score (nSPS) is 20.6. The molecule has 0 N–H and O–H groups in total. The molecule has 5 nitrogen and oxygen atoms in total. The molecular formula is C28H28N2O3S. The summed E-state index contributed by atoms with van der Waals surface area (Å²) in [4.78, 5) is 30.8. The summed E-state index contributed by atoms with van der Waals surface area (Å²) in [7, 11) is 1.58. The van der Waals surface area contributed by atoms with Gasteiger partial charge in [0.2, 0.25) is 0 Å². The standard InChI is InChI=1S/C28H28N2O3S/c1-19-10-5-6-11-21(19)17-29-24-15-8-7-14-23(24)28(26(29)32)30(18-27(2,3)34-28)25(31)20-12-9-13-22(16-20)33-4/h5-16H,17-18H2,1-4H3/t28-/m0/s1. The van der Waals surface area contributed by atoms with Crippen molar-refractivity contribution in [3.8, 4) is 5.75 Å². The lowest BCUT2D eigenvalue weighted by molar-refractivity contribution is -0.123. The van der Waals surface area contributed by atoms with Crippen LogP contribution in [0, 0.1) is 6.92 Å². The lowest BCUT2D eigenvalue weighted by Crippen LogP contribution is -2.50. The second-order valence-corrected chi connectivity index (χ2v) is 11.4. The molecule has 3 aromatic carbocycles. The maximum absolute atomic E-state index is 14.3. The summed E-state index contributed by atoms with van der Waals surface area (Å²) >= 11 is 1.57. The number of carbonyl (C=O) groups excluding carboxylic acids is 2. The van der Waals surface area contributed by atoms with Crippen LogP contribution in [0.15, 0.2) is 72.8 Å². The highest BCUT2D eigenvalue weighted by Gasteiger charge is 2.63. The van der Waals surface area contributed by atoms with E-state index >= 15 is 0 Å². The van der Waals surface area contributed by atoms with E-state index in [0.717, 1.165) is 22.4 Å². The van der Waals surface area contributed by atoms with Gasteiger partial charge in [0.05, 0.1) is 19.3 Å². The average molecular weight is 473 g/mol. The number of fused-ring (bicyclic) bond motifs is 2. The average Bonchev–Trinajstić information content (AvgIpc) is 3.26. The van der Waals surface area contributed by atoms with Crippen LogP contribution in [0.5, 0.6) is 5.75 Å². The Kier molecular flexibility index (Phi) is 5.44. The number of hydrogen-bond donors (Lipinski definition) is 0. The van der Waals surface area contributed by atoms with E-state index < -0.39 is 4.87 Å². The quantitative estimate of drug-likeness (QED) is 0.512. The van der Waals surface area contributed by atoms with Gasteiger partial charge in [-0.1, -0.05) is 48.5 Å². The van der Waals surface area contributed by atoms with Crippen LogP contribution in [0.2, 0.25) is 0 Å². The molecule has 2 aliphatic rings. The fourth-order valence-electron chi connectivity index (χ4n) is 4.98. The zero-order valence-corrected chi connectivity index (χ0v) is 20.7. The van der Waals surface area contributed by atoms with Gasteiger partial charge in [0, 0.05) is 22.4 Å². The number of rotatable bonds is 4. The highest BCUT2D eigenvalue weighted by molar-refractivity contribution is 8.02. The van der Waals surface area contributed by atoms with E-state index in [4.69, 9.17) is 4.74 Å². The van der Waals surface area contributed by atoms with Crippen LogP contribution in [-0.2, 0) is 16.2 Å². The van der Waals surface area contributed by atoms with Gasteiger partial charge in [-0.15, -0.1) is 11.8 Å². The van der Waals surface area contributed by atoms with Crippen LogP contribution in [0.25, 0.3) is 0 Å². The van der Waals surface area contributed by atoms with E-state index in [1.807, 2.05) is 53.4 Å². The number of thioether (sulfide) groups is 1. The lowest BCUT2D eigenvalue weighted by atomic mass is 10.0. The van der Waals surface area contributed by atoms with Crippen molar-refractivity contribution in [1.29, 1.82) is 0 Å². The van der Waals surface area contributed by atoms with Crippen LogP contribution in [0.3, 0.4) is 0 Å². The number of ether oxygens (including phenoxy) is 1. The topological polar surface area (TPSA) is 49.9 Å². The van der Waals surface area contributed by atoms with Gasteiger partial charge in [-0.2, -0.15) is 0 Å². The van der Waals surface area contributed by atoms with Crippen LogP contribution in [-0.4, -0.2) is 35.1 Å². The van der Waals surface area contributed by atoms with Gasteiger partial charge >= 0.3 is 0 Å². The summed E-state index contributed by atoms with van der Waals surface area (Å²) in [6.45, 7) is 7.18. The number of para-hydroxylation sites is 1. The van der Waals surface area contributed by atoms with Gasteiger partial charge in [-0.25, -0.2) is 0 Å². The highest BCUT2D eigenvalue weighted by atomic mass is 32.2. The summed E-state index contributed by atoms with van der Waals surface area (Å²) in [6.07, 6.45) is 0. The number of methoxy groups -OCH3 is 1. The molecular weight excluding hydrogens is 444 g/mol. The Hall–Kier alpha value is -3.25. The van der Waals surface area contributed by atoms with Crippen molar-refractivity contribution in [1.82, 2.24) is 4.90 Å². The molecule has 0 bridgehead atoms. The Morgan fingerprint density at radius 3 is 2.53 bits per heavy atom. The number of aryl methyl sites for hydroxylation is 1. The first kappa shape index (κ1) is 22.5. The number of amides is 2. The van der Waals surface area contributed by atoms with Crippen molar-refractivity contribution in [3.63, 3.8) is 0 Å². The molecule has 1 fully saturated rings. The third kappa shape index (κ3) is 3.48. The summed E-state index contributed by atoms with van der Waals surface area (Å²) < 4.78 is 5.05. The SMILES string of the molecule is COc1cccc(C(=O)N2CC(C)(C)S[C@@]23C(=O)N(Cc2ccccc2C)c2ccccc23)c1. The van der Waals surface area contributed by atoms with E-state index in [1.165, 1.54) is 0 Å². The molecule has 0 unspecified atom stereocenters. The molecule has 1 spiro atoms. The fourth-order valence-corrected chi connectivity index (χ4v) is 6.71. The number of anilines is 1. The van der Waals surface area contributed by atoms with E-state index in [9.17, 15) is 9.59 Å². The Morgan fingerprint density at radius 2 is 1.76 bits per heavy atom. The van der Waals surface area contributed by atoms with Crippen LogP contribution in [0.4, 0.5) is 5.69 Å². The van der Waals surface area contributed by atoms with Crippen LogP contribution >= 0.6 is 11.8 Å². The molecule has 5 rings (SSSR count). The number of benzene rings is 3. The van der Waals surface area contributed by atoms with E-state index in [1.54, 1.807) is 35.9 Å². The van der Waals surface area contributed by atoms with E-state index in [2.05, 4.69) is 32.9 Å². The lowest BCUT2D eigenvalue weighted by Gasteiger charge is -2.33. The maximum Gasteiger partial charge on any atom is 0.268 e. The summed E-state index contributed by atoms with van der Waals surface area (Å²) in [5.74, 6) is 0.381. The van der Waals surface area contributed by atoms with E-state index in [-0.39, 0.29) is 16.6 Å². The Morgan fingerprint density at radius 1 is 1.03 bits per heavy atom. The minimum absolute atomic E-state index is 0.0659. The van der Waals surface area contributed by atoms with Crippen molar-refractivity contribution in [2.75, 3.05) is 18.6 Å². The van der Waals surface area contributed by atoms with Gasteiger partial charge in [0.15, 0.2) is 4.87 Å². The summed E-state index contributed by atoms with van der Waals surface area (Å²) in [6, 6.07) is 23.1. The predicted octanol–water partition coefficient (Wildman–Crippen LogP) is 5.37. The zero-order chi connectivity index (χ0) is 24.1. The van der Waals surface area contributed by atoms with Gasteiger partial charge < -0.3 is 14.5 Å². The molecule has 0 aromatic heterocycles. The largest absolute Gasteiger partial charge is 0.497 e. The number of hydrogen-bond acceptors (Lipinski definition) is 4. The van der Waals surface area contributed by atoms with Crippen LogP contribution in [0.1, 0.15) is 40.9 Å². The molecule has 2 aliphatic heterocycles. The molecule has 0 saturated carbocycles. The second kappa shape index (κ2) is 8.20. The molecule has 0 aliphatic carbocycles. The van der Waals surface area contributed by atoms with Crippen molar-refractivity contribution >= 4 is 29.3 Å². The van der Waals surface area contributed by atoms with Crippen molar-refractivity contribution < 1.29 is 14.3 Å². The number of nitrogens with zero attached hydrogens (tertiary/aromatic N) is 2. The predicted molar refractivity (Wildman–Crippen MR) is 136 cm³/mol. The van der Waals surface area contributed by atoms with Crippen molar-refractivity contribution in [2.24, 2.45) is 0 Å². The molecule has 2 heterocycles. The molecule has 34 heavy (non-hydrogen) atoms. The first-order valence-electron chi connectivity index (χ1n) is 11.4. The zero-order valence-electron chi connectivity index (χ0n) is 19.9. The van der Waals surface area contributed by atoms with Gasteiger partial charge in [0.25, 0.3) is 11.8 Å². The summed E-state index contributed by atoms with van der Waals surface area (Å²) in [5.41, 5.74) is 4.48.